The lowest BCUT2D eigenvalue weighted by molar-refractivity contribution is -0.121. The summed E-state index contributed by atoms with van der Waals surface area (Å²) >= 11 is 0. The largest absolute Gasteiger partial charge is 0.356 e. The lowest BCUT2D eigenvalue weighted by atomic mass is 9.95. The van der Waals surface area contributed by atoms with Gasteiger partial charge in [0, 0.05) is 32.6 Å². The van der Waals surface area contributed by atoms with Crippen LogP contribution in [0, 0.1) is 0 Å². The topological polar surface area (TPSA) is 68.8 Å². The summed E-state index contributed by atoms with van der Waals surface area (Å²) in [5.41, 5.74) is 0. The third-order valence-corrected chi connectivity index (χ3v) is 5.48. The average molecular weight is 366 g/mol. The molecule has 0 radical (unpaired) electrons. The first kappa shape index (κ1) is 21.0. The van der Waals surface area contributed by atoms with Crippen molar-refractivity contribution in [2.45, 2.75) is 76.7 Å². The molecule has 0 aromatic rings. The number of amides is 1. The zero-order valence-electron chi connectivity index (χ0n) is 16.7. The molecule has 1 saturated carbocycles. The van der Waals surface area contributed by atoms with Crippen molar-refractivity contribution in [3.05, 3.63) is 0 Å². The quantitative estimate of drug-likeness (QED) is 0.351. The van der Waals surface area contributed by atoms with Crippen LogP contribution >= 0.6 is 0 Å². The van der Waals surface area contributed by atoms with Crippen LogP contribution in [0.25, 0.3) is 0 Å². The Balaban J connectivity index is 1.50. The zero-order chi connectivity index (χ0) is 18.5. The van der Waals surface area contributed by atoms with Gasteiger partial charge in [0.2, 0.25) is 5.91 Å². The fraction of sp³-hybridized carbons (Fsp3) is 0.900. The van der Waals surface area contributed by atoms with E-state index in [1.54, 1.807) is 7.05 Å². The molecular weight excluding hydrogens is 326 g/mol. The Morgan fingerprint density at radius 3 is 2.31 bits per heavy atom. The second-order valence-electron chi connectivity index (χ2n) is 7.69. The maximum absolute atomic E-state index is 12.0. The molecular formula is C20H39N5O. The predicted octanol–water partition coefficient (Wildman–Crippen LogP) is 2.26. The smallest absolute Gasteiger partial charge is 0.221 e. The van der Waals surface area contributed by atoms with Crippen molar-refractivity contribution in [1.29, 1.82) is 0 Å². The maximum atomic E-state index is 12.0. The standard InChI is InChI=1S/C20H39N5O/c1-21-20(22-13-9-17-25-15-7-2-3-8-16-25)23-14-12-19(26)24-18-10-5-4-6-11-18/h18H,2-17H2,1H3,(H,24,26)(H2,21,22,23). The molecule has 0 unspecified atom stereocenters. The third-order valence-electron chi connectivity index (χ3n) is 5.48. The monoisotopic (exact) mass is 365 g/mol. The summed E-state index contributed by atoms with van der Waals surface area (Å²) in [5, 5.41) is 9.77. The molecule has 6 heteroatoms. The number of guanidine groups is 1. The van der Waals surface area contributed by atoms with Gasteiger partial charge in [-0.1, -0.05) is 32.1 Å². The Hall–Kier alpha value is -1.30. The van der Waals surface area contributed by atoms with E-state index in [0.29, 0.717) is 19.0 Å². The number of carbonyl (C=O) groups is 1. The van der Waals surface area contributed by atoms with Crippen LogP contribution in [0.3, 0.4) is 0 Å². The Morgan fingerprint density at radius 2 is 1.62 bits per heavy atom. The van der Waals surface area contributed by atoms with Crippen LogP contribution in [0.5, 0.6) is 0 Å². The van der Waals surface area contributed by atoms with Crippen LogP contribution in [0.15, 0.2) is 4.99 Å². The molecule has 26 heavy (non-hydrogen) atoms. The SMILES string of the molecule is CN=C(NCCCN1CCCCCC1)NCCC(=O)NC1CCCCC1. The zero-order valence-corrected chi connectivity index (χ0v) is 16.7. The minimum Gasteiger partial charge on any atom is -0.356 e. The molecule has 3 N–H and O–H groups in total. The Bertz CT molecular complexity index is 412. The van der Waals surface area contributed by atoms with Gasteiger partial charge < -0.3 is 20.9 Å². The van der Waals surface area contributed by atoms with Crippen molar-refractivity contribution in [2.75, 3.05) is 39.8 Å². The summed E-state index contributed by atoms with van der Waals surface area (Å²) < 4.78 is 0. The Morgan fingerprint density at radius 1 is 0.962 bits per heavy atom. The third kappa shape index (κ3) is 8.88. The summed E-state index contributed by atoms with van der Waals surface area (Å²) in [6, 6.07) is 0.396. The molecule has 2 fully saturated rings. The molecule has 1 amide bonds. The summed E-state index contributed by atoms with van der Waals surface area (Å²) in [4.78, 5) is 18.9. The number of aliphatic imine (C=N–C) groups is 1. The second kappa shape index (κ2) is 13.0. The van der Waals surface area contributed by atoms with E-state index >= 15 is 0 Å². The number of nitrogens with one attached hydrogen (secondary N) is 3. The van der Waals surface area contributed by atoms with Gasteiger partial charge in [0.15, 0.2) is 5.96 Å². The van der Waals surface area contributed by atoms with Crippen molar-refractivity contribution < 1.29 is 4.79 Å². The fourth-order valence-corrected chi connectivity index (χ4v) is 3.93. The van der Waals surface area contributed by atoms with E-state index in [0.717, 1.165) is 38.3 Å². The maximum Gasteiger partial charge on any atom is 0.221 e. The molecule has 0 bridgehead atoms. The van der Waals surface area contributed by atoms with Crippen LogP contribution in [-0.4, -0.2) is 62.6 Å². The van der Waals surface area contributed by atoms with Gasteiger partial charge in [0.05, 0.1) is 0 Å². The average Bonchev–Trinajstić information content (AvgIpc) is 2.93. The van der Waals surface area contributed by atoms with Crippen LogP contribution < -0.4 is 16.0 Å². The van der Waals surface area contributed by atoms with Crippen LogP contribution in [0.4, 0.5) is 0 Å². The van der Waals surface area contributed by atoms with Gasteiger partial charge in [-0.25, -0.2) is 0 Å². The van der Waals surface area contributed by atoms with Crippen molar-refractivity contribution in [1.82, 2.24) is 20.9 Å². The molecule has 0 aromatic heterocycles. The van der Waals surface area contributed by atoms with E-state index in [1.807, 2.05) is 0 Å². The molecule has 6 nitrogen and oxygen atoms in total. The molecule has 0 spiro atoms. The van der Waals surface area contributed by atoms with Crippen LogP contribution in [0.2, 0.25) is 0 Å². The minimum absolute atomic E-state index is 0.154. The van der Waals surface area contributed by atoms with E-state index < -0.39 is 0 Å². The van der Waals surface area contributed by atoms with Gasteiger partial charge in [-0.05, 0) is 51.7 Å². The van der Waals surface area contributed by atoms with E-state index in [1.165, 1.54) is 58.0 Å². The Kier molecular flexibility index (Phi) is 10.5. The lowest BCUT2D eigenvalue weighted by Gasteiger charge is -2.23. The lowest BCUT2D eigenvalue weighted by Crippen LogP contribution is -2.42. The summed E-state index contributed by atoms with van der Waals surface area (Å²) in [7, 11) is 1.78. The van der Waals surface area contributed by atoms with Gasteiger partial charge in [-0.3, -0.25) is 9.79 Å². The summed E-state index contributed by atoms with van der Waals surface area (Å²) in [6.07, 6.45) is 13.2. The number of hydrogen-bond donors (Lipinski definition) is 3. The van der Waals surface area contributed by atoms with Crippen molar-refractivity contribution in [2.24, 2.45) is 4.99 Å². The molecule has 1 aliphatic heterocycles. The van der Waals surface area contributed by atoms with Gasteiger partial charge in [-0.2, -0.15) is 0 Å². The van der Waals surface area contributed by atoms with E-state index in [-0.39, 0.29) is 5.91 Å². The van der Waals surface area contributed by atoms with Crippen molar-refractivity contribution in [3.63, 3.8) is 0 Å². The number of likely N-dealkylation sites (tertiary alicyclic amines) is 1. The van der Waals surface area contributed by atoms with Gasteiger partial charge in [0.1, 0.15) is 0 Å². The normalized spacial score (nSPS) is 20.4. The highest BCUT2D eigenvalue weighted by Gasteiger charge is 2.15. The highest BCUT2D eigenvalue weighted by Crippen LogP contribution is 2.17. The van der Waals surface area contributed by atoms with Crippen LogP contribution in [0.1, 0.15) is 70.6 Å². The van der Waals surface area contributed by atoms with Gasteiger partial charge in [0.25, 0.3) is 0 Å². The van der Waals surface area contributed by atoms with Crippen molar-refractivity contribution >= 4 is 11.9 Å². The van der Waals surface area contributed by atoms with Crippen molar-refractivity contribution in [3.8, 4) is 0 Å². The molecule has 2 aliphatic rings. The van der Waals surface area contributed by atoms with E-state index in [2.05, 4.69) is 25.8 Å². The Labute approximate surface area is 159 Å². The second-order valence-corrected chi connectivity index (χ2v) is 7.69. The molecule has 1 aliphatic carbocycles. The highest BCUT2D eigenvalue weighted by molar-refractivity contribution is 5.81. The van der Waals surface area contributed by atoms with E-state index in [4.69, 9.17) is 0 Å². The molecule has 150 valence electrons. The molecule has 2 rings (SSSR count). The molecule has 1 heterocycles. The van der Waals surface area contributed by atoms with Gasteiger partial charge in [-0.15, -0.1) is 0 Å². The summed E-state index contributed by atoms with van der Waals surface area (Å²) in [5.74, 6) is 0.951. The first-order chi connectivity index (χ1) is 12.8. The summed E-state index contributed by atoms with van der Waals surface area (Å²) in [6.45, 7) is 5.22. The van der Waals surface area contributed by atoms with Crippen LogP contribution in [-0.2, 0) is 4.79 Å². The predicted molar refractivity (Wildman–Crippen MR) is 109 cm³/mol. The van der Waals surface area contributed by atoms with Gasteiger partial charge >= 0.3 is 0 Å². The first-order valence-electron chi connectivity index (χ1n) is 10.7. The number of nitrogens with zero attached hydrogens (tertiary/aromatic N) is 2. The highest BCUT2D eigenvalue weighted by atomic mass is 16.1. The number of hydrogen-bond acceptors (Lipinski definition) is 3. The number of carbonyl (C=O) groups excluding carboxylic acids is 1. The molecule has 0 aromatic carbocycles. The molecule has 1 saturated heterocycles. The van der Waals surface area contributed by atoms with E-state index in [9.17, 15) is 4.79 Å². The number of rotatable bonds is 8. The first-order valence-corrected chi connectivity index (χ1v) is 10.7. The molecule has 0 atom stereocenters. The fourth-order valence-electron chi connectivity index (χ4n) is 3.93. The minimum atomic E-state index is 0.154.